The van der Waals surface area contributed by atoms with Gasteiger partial charge in [-0.15, -0.1) is 0 Å². The van der Waals surface area contributed by atoms with Crippen molar-refractivity contribution in [3.8, 4) is 5.75 Å². The van der Waals surface area contributed by atoms with Gasteiger partial charge < -0.3 is 15.4 Å². The lowest BCUT2D eigenvalue weighted by atomic mass is 10.2. The van der Waals surface area contributed by atoms with Crippen LogP contribution in [0.15, 0.2) is 22.7 Å². The average molecular weight is 512 g/mol. The van der Waals surface area contributed by atoms with Crippen molar-refractivity contribution >= 4 is 50.5 Å². The summed E-state index contributed by atoms with van der Waals surface area (Å²) in [5.41, 5.74) is 0.388. The van der Waals surface area contributed by atoms with E-state index in [0.717, 1.165) is 12.8 Å². The molecule has 0 saturated heterocycles. The summed E-state index contributed by atoms with van der Waals surface area (Å²) in [5, 5.41) is 10.7. The minimum atomic E-state index is -4.48. The number of ether oxygens (including phenoxy) is 1. The topological polar surface area (TPSA) is 51.1 Å². The molecule has 0 aliphatic heterocycles. The first kappa shape index (κ1) is 22.2. The zero-order valence-electron chi connectivity index (χ0n) is 15.4. The summed E-state index contributed by atoms with van der Waals surface area (Å²) in [5.74, 6) is 0.729. The maximum atomic E-state index is 13.2. The zero-order chi connectivity index (χ0) is 21.2. The van der Waals surface area contributed by atoms with E-state index in [1.807, 2.05) is 0 Å². The van der Waals surface area contributed by atoms with Crippen molar-refractivity contribution in [3.05, 3.63) is 39.1 Å². The summed E-state index contributed by atoms with van der Waals surface area (Å²) < 4.78 is 46.2. The number of halogens is 5. The highest BCUT2D eigenvalue weighted by Gasteiger charge is 2.41. The zero-order valence-corrected chi connectivity index (χ0v) is 18.6. The van der Waals surface area contributed by atoms with Crippen LogP contribution in [0.3, 0.4) is 0 Å². The molecule has 0 radical (unpaired) electrons. The van der Waals surface area contributed by atoms with Gasteiger partial charge in [-0.2, -0.15) is 18.3 Å². The lowest BCUT2D eigenvalue weighted by Crippen LogP contribution is -2.30. The number of nitrogens with zero attached hydrogens (tertiary/aromatic N) is 2. The number of hydrogen-bond acceptors (Lipinski definition) is 3. The van der Waals surface area contributed by atoms with Crippen LogP contribution in [0.25, 0.3) is 0 Å². The number of nitrogens with one attached hydrogen (secondary N) is 2. The van der Waals surface area contributed by atoms with E-state index in [1.165, 1.54) is 4.68 Å². The van der Waals surface area contributed by atoms with Gasteiger partial charge in [0.05, 0.1) is 23.0 Å². The molecule has 1 aromatic heterocycles. The molecule has 1 saturated carbocycles. The Balaban J connectivity index is 1.56. The van der Waals surface area contributed by atoms with E-state index < -0.39 is 11.9 Å². The van der Waals surface area contributed by atoms with Crippen molar-refractivity contribution < 1.29 is 17.9 Å². The first-order valence-electron chi connectivity index (χ1n) is 8.92. The Morgan fingerprint density at radius 3 is 2.76 bits per heavy atom. The number of hydrogen-bond donors (Lipinski definition) is 2. The molecule has 0 atom stereocenters. The second kappa shape index (κ2) is 9.09. The smallest absolute Gasteiger partial charge is 0.436 e. The number of rotatable bonds is 7. The van der Waals surface area contributed by atoms with Crippen molar-refractivity contribution in [1.29, 1.82) is 0 Å². The second-order valence-electron chi connectivity index (χ2n) is 6.62. The highest BCUT2D eigenvalue weighted by atomic mass is 79.9. The monoisotopic (exact) mass is 510 g/mol. The van der Waals surface area contributed by atoms with Crippen LogP contribution < -0.4 is 15.4 Å². The number of benzene rings is 1. The third kappa shape index (κ3) is 5.55. The first-order valence-corrected chi connectivity index (χ1v) is 10.5. The third-order valence-electron chi connectivity index (χ3n) is 4.41. The lowest BCUT2D eigenvalue weighted by molar-refractivity contribution is -0.142. The standard InChI is InChI=1S/C18H19BrClF3N4OS/c1-28-13-6-5-11(20)9-12(13)25-17(29)24-7-2-8-27-15(10-3-4-10)14(19)16(26-27)18(21,22)23/h5-6,9-10H,2-4,7-8H2,1H3,(H2,24,25,29). The summed E-state index contributed by atoms with van der Waals surface area (Å²) in [6.07, 6.45) is -2.16. The van der Waals surface area contributed by atoms with Crippen LogP contribution in [0.4, 0.5) is 18.9 Å². The summed E-state index contributed by atoms with van der Waals surface area (Å²) in [6.45, 7) is 0.828. The van der Waals surface area contributed by atoms with Crippen molar-refractivity contribution in [1.82, 2.24) is 15.1 Å². The van der Waals surface area contributed by atoms with E-state index in [9.17, 15) is 13.2 Å². The van der Waals surface area contributed by atoms with Crippen LogP contribution in [0, 0.1) is 0 Å². The van der Waals surface area contributed by atoms with Gasteiger partial charge in [-0.1, -0.05) is 11.6 Å². The minimum absolute atomic E-state index is 0.0608. The van der Waals surface area contributed by atoms with Crippen LogP contribution >= 0.6 is 39.7 Å². The molecule has 1 aliphatic carbocycles. The summed E-state index contributed by atoms with van der Waals surface area (Å²) in [4.78, 5) is 0. The van der Waals surface area contributed by atoms with E-state index in [1.54, 1.807) is 25.3 Å². The van der Waals surface area contributed by atoms with Crippen molar-refractivity contribution in [2.45, 2.75) is 37.9 Å². The molecule has 1 fully saturated rings. The fraction of sp³-hybridized carbons (Fsp3) is 0.444. The SMILES string of the molecule is COc1ccc(Cl)cc1NC(=S)NCCCn1nc(C(F)(F)F)c(Br)c1C1CC1. The molecule has 2 N–H and O–H groups in total. The Hall–Kier alpha value is -1.52. The van der Waals surface area contributed by atoms with E-state index in [-0.39, 0.29) is 10.4 Å². The maximum Gasteiger partial charge on any atom is 0.436 e. The van der Waals surface area contributed by atoms with Gasteiger partial charge in [0.25, 0.3) is 0 Å². The van der Waals surface area contributed by atoms with Gasteiger partial charge in [-0.3, -0.25) is 4.68 Å². The van der Waals surface area contributed by atoms with Crippen molar-refractivity contribution in [2.75, 3.05) is 19.0 Å². The van der Waals surface area contributed by atoms with Crippen LogP contribution in [-0.4, -0.2) is 28.5 Å². The molecule has 158 valence electrons. The molecule has 11 heteroatoms. The van der Waals surface area contributed by atoms with Gasteiger partial charge in [0.2, 0.25) is 0 Å². The summed E-state index contributed by atoms with van der Waals surface area (Å²) in [6, 6.07) is 5.12. The van der Waals surface area contributed by atoms with Gasteiger partial charge in [0, 0.05) is 24.0 Å². The third-order valence-corrected chi connectivity index (χ3v) is 5.67. The maximum absolute atomic E-state index is 13.2. The Kier molecular flexibility index (Phi) is 6.95. The van der Waals surface area contributed by atoms with Crippen LogP contribution in [-0.2, 0) is 12.7 Å². The Morgan fingerprint density at radius 2 is 2.14 bits per heavy atom. The molecule has 1 aliphatic rings. The molecular formula is C18H19BrClF3N4OS. The van der Waals surface area contributed by atoms with Gasteiger partial charge >= 0.3 is 6.18 Å². The number of aryl methyl sites for hydroxylation is 1. The minimum Gasteiger partial charge on any atom is -0.495 e. The normalized spacial score (nSPS) is 14.0. The Labute approximate surface area is 185 Å². The van der Waals surface area contributed by atoms with Crippen LogP contribution in [0.1, 0.15) is 36.6 Å². The van der Waals surface area contributed by atoms with E-state index in [2.05, 4.69) is 31.7 Å². The highest BCUT2D eigenvalue weighted by molar-refractivity contribution is 9.10. The largest absolute Gasteiger partial charge is 0.495 e. The lowest BCUT2D eigenvalue weighted by Gasteiger charge is -2.14. The van der Waals surface area contributed by atoms with Crippen molar-refractivity contribution in [2.24, 2.45) is 0 Å². The van der Waals surface area contributed by atoms with Gasteiger partial charge in [-0.05, 0) is 65.6 Å². The fourth-order valence-corrected chi connectivity index (χ4v) is 4.14. The van der Waals surface area contributed by atoms with E-state index >= 15 is 0 Å². The fourth-order valence-electron chi connectivity index (χ4n) is 2.93. The summed E-state index contributed by atoms with van der Waals surface area (Å²) >= 11 is 14.4. The molecule has 2 aromatic rings. The Morgan fingerprint density at radius 1 is 1.41 bits per heavy atom. The number of alkyl halides is 3. The van der Waals surface area contributed by atoms with E-state index in [4.69, 9.17) is 28.6 Å². The number of anilines is 1. The molecule has 29 heavy (non-hydrogen) atoms. The number of methoxy groups -OCH3 is 1. The van der Waals surface area contributed by atoms with Gasteiger partial charge in [-0.25, -0.2) is 0 Å². The second-order valence-corrected chi connectivity index (χ2v) is 8.26. The molecular weight excluding hydrogens is 493 g/mol. The van der Waals surface area contributed by atoms with Gasteiger partial charge in [0.15, 0.2) is 10.8 Å². The Bertz CT molecular complexity index is 902. The predicted octanol–water partition coefficient (Wildman–Crippen LogP) is 5.58. The van der Waals surface area contributed by atoms with Crippen molar-refractivity contribution in [3.63, 3.8) is 0 Å². The molecule has 0 amide bonds. The van der Waals surface area contributed by atoms with Crippen LogP contribution in [0.5, 0.6) is 5.75 Å². The van der Waals surface area contributed by atoms with Gasteiger partial charge in [0.1, 0.15) is 5.75 Å². The molecule has 3 rings (SSSR count). The van der Waals surface area contributed by atoms with Crippen LogP contribution in [0.2, 0.25) is 5.02 Å². The first-order chi connectivity index (χ1) is 13.7. The molecule has 1 aromatic carbocycles. The molecule has 1 heterocycles. The van der Waals surface area contributed by atoms with E-state index in [0.29, 0.717) is 46.8 Å². The highest BCUT2D eigenvalue weighted by Crippen LogP contribution is 2.47. The molecule has 0 bridgehead atoms. The quantitative estimate of drug-likeness (QED) is 0.375. The number of aromatic nitrogens is 2. The molecule has 0 spiro atoms. The number of thiocarbonyl (C=S) groups is 1. The molecule has 0 unspecified atom stereocenters. The predicted molar refractivity (Wildman–Crippen MR) is 114 cm³/mol. The average Bonchev–Trinajstić information content (AvgIpc) is 3.41. The summed E-state index contributed by atoms with van der Waals surface area (Å²) in [7, 11) is 1.54. The molecule has 5 nitrogen and oxygen atoms in total.